The van der Waals surface area contributed by atoms with E-state index in [4.69, 9.17) is 27.9 Å². The molecule has 1 aliphatic heterocycles. The van der Waals surface area contributed by atoms with Gasteiger partial charge in [-0.15, -0.1) is 0 Å². The van der Waals surface area contributed by atoms with E-state index in [0.717, 1.165) is 49.1 Å². The molecule has 0 radical (unpaired) electrons. The highest BCUT2D eigenvalue weighted by molar-refractivity contribution is 7.89. The summed E-state index contributed by atoms with van der Waals surface area (Å²) >= 11 is 12.2. The van der Waals surface area contributed by atoms with Crippen molar-refractivity contribution in [2.75, 3.05) is 45.9 Å². The summed E-state index contributed by atoms with van der Waals surface area (Å²) in [6.45, 7) is 4.26. The Bertz CT molecular complexity index is 999. The topological polar surface area (TPSA) is 79.0 Å². The SMILES string of the molecule is O=C(CN(Cc1ccccc1)S(=O)(=O)c1cc(Cl)ccc1Cl)NCCCN1CCOCC1. The lowest BCUT2D eigenvalue weighted by Crippen LogP contribution is -2.41. The number of amides is 1. The van der Waals surface area contributed by atoms with E-state index in [1.54, 1.807) is 0 Å². The molecule has 1 heterocycles. The number of nitrogens with one attached hydrogen (secondary N) is 1. The fourth-order valence-electron chi connectivity index (χ4n) is 3.40. The van der Waals surface area contributed by atoms with Crippen molar-refractivity contribution in [2.45, 2.75) is 17.9 Å². The second-order valence-corrected chi connectivity index (χ2v) is 10.2. The highest BCUT2D eigenvalue weighted by Gasteiger charge is 2.29. The number of benzene rings is 2. The molecule has 7 nitrogen and oxygen atoms in total. The van der Waals surface area contributed by atoms with Gasteiger partial charge in [-0.1, -0.05) is 53.5 Å². The van der Waals surface area contributed by atoms with Crippen LogP contribution in [0.2, 0.25) is 10.0 Å². The van der Waals surface area contributed by atoms with E-state index < -0.39 is 10.0 Å². The summed E-state index contributed by atoms with van der Waals surface area (Å²) < 4.78 is 33.2. The van der Waals surface area contributed by atoms with Crippen molar-refractivity contribution in [1.82, 2.24) is 14.5 Å². The number of nitrogens with zero attached hydrogens (tertiary/aromatic N) is 2. The second kappa shape index (κ2) is 12.0. The van der Waals surface area contributed by atoms with E-state index in [1.807, 2.05) is 30.3 Å². The molecule has 0 aliphatic carbocycles. The van der Waals surface area contributed by atoms with Gasteiger partial charge in [-0.25, -0.2) is 8.42 Å². The lowest BCUT2D eigenvalue weighted by atomic mass is 10.2. The number of halogens is 2. The zero-order valence-electron chi connectivity index (χ0n) is 17.7. The molecule has 0 aromatic heterocycles. The molecule has 0 atom stereocenters. The second-order valence-electron chi connectivity index (χ2n) is 7.49. The van der Waals surface area contributed by atoms with Crippen LogP contribution in [0.25, 0.3) is 0 Å². The average molecular weight is 500 g/mol. The number of ether oxygens (including phenoxy) is 1. The quantitative estimate of drug-likeness (QED) is 0.508. The van der Waals surface area contributed by atoms with Gasteiger partial charge >= 0.3 is 0 Å². The van der Waals surface area contributed by atoms with Crippen LogP contribution < -0.4 is 5.32 Å². The first kappa shape index (κ1) is 25.0. The van der Waals surface area contributed by atoms with E-state index in [9.17, 15) is 13.2 Å². The van der Waals surface area contributed by atoms with Gasteiger partial charge in [0.2, 0.25) is 15.9 Å². The number of rotatable bonds is 10. The van der Waals surface area contributed by atoms with E-state index in [2.05, 4.69) is 10.2 Å². The van der Waals surface area contributed by atoms with Crippen molar-refractivity contribution in [1.29, 1.82) is 0 Å². The van der Waals surface area contributed by atoms with Gasteiger partial charge in [0, 0.05) is 31.2 Å². The maximum Gasteiger partial charge on any atom is 0.245 e. The Morgan fingerprint density at radius 1 is 1.09 bits per heavy atom. The number of carbonyl (C=O) groups excluding carboxylic acids is 1. The molecule has 2 aromatic rings. The highest BCUT2D eigenvalue weighted by Crippen LogP contribution is 2.28. The fraction of sp³-hybridized carbons (Fsp3) is 0.409. The molecule has 10 heteroatoms. The van der Waals surface area contributed by atoms with Gasteiger partial charge in [0.1, 0.15) is 4.90 Å². The van der Waals surface area contributed by atoms with E-state index >= 15 is 0 Å². The van der Waals surface area contributed by atoms with Crippen LogP contribution in [-0.2, 0) is 26.1 Å². The Balaban J connectivity index is 1.67. The van der Waals surface area contributed by atoms with E-state index in [1.165, 1.54) is 18.2 Å². The predicted octanol–water partition coefficient (Wildman–Crippen LogP) is 3.02. The molecule has 0 spiro atoms. The lowest BCUT2D eigenvalue weighted by molar-refractivity contribution is -0.121. The molecule has 1 N–H and O–H groups in total. The van der Waals surface area contributed by atoms with Crippen LogP contribution in [0.1, 0.15) is 12.0 Å². The molecule has 0 bridgehead atoms. The fourth-order valence-corrected chi connectivity index (χ4v) is 5.52. The molecule has 174 valence electrons. The third-order valence-electron chi connectivity index (χ3n) is 5.11. The Morgan fingerprint density at radius 3 is 2.53 bits per heavy atom. The Hall–Kier alpha value is -1.68. The Morgan fingerprint density at radius 2 is 1.81 bits per heavy atom. The number of morpholine rings is 1. The molecule has 32 heavy (non-hydrogen) atoms. The summed E-state index contributed by atoms with van der Waals surface area (Å²) in [4.78, 5) is 14.8. The smallest absolute Gasteiger partial charge is 0.245 e. The van der Waals surface area contributed by atoms with Crippen LogP contribution >= 0.6 is 23.2 Å². The molecule has 3 rings (SSSR count). The van der Waals surface area contributed by atoms with Crippen molar-refractivity contribution < 1.29 is 17.9 Å². The summed E-state index contributed by atoms with van der Waals surface area (Å²) in [5.74, 6) is -0.371. The van der Waals surface area contributed by atoms with Crippen molar-refractivity contribution in [2.24, 2.45) is 0 Å². The van der Waals surface area contributed by atoms with Crippen molar-refractivity contribution in [3.63, 3.8) is 0 Å². The minimum absolute atomic E-state index is 0.0349. The minimum Gasteiger partial charge on any atom is -0.379 e. The lowest BCUT2D eigenvalue weighted by Gasteiger charge is -2.26. The first-order valence-corrected chi connectivity index (χ1v) is 12.6. The zero-order valence-corrected chi connectivity index (χ0v) is 20.0. The van der Waals surface area contributed by atoms with Crippen molar-refractivity contribution in [3.05, 3.63) is 64.1 Å². The van der Waals surface area contributed by atoms with Crippen LogP contribution in [0, 0.1) is 0 Å². The van der Waals surface area contributed by atoms with Gasteiger partial charge in [0.05, 0.1) is 24.8 Å². The van der Waals surface area contributed by atoms with Gasteiger partial charge in [0.25, 0.3) is 0 Å². The number of sulfonamides is 1. The average Bonchev–Trinajstić information content (AvgIpc) is 2.79. The molecular formula is C22H27Cl2N3O4S. The zero-order chi connectivity index (χ0) is 23.0. The Labute approximate surface area is 199 Å². The van der Waals surface area contributed by atoms with Crippen molar-refractivity contribution >= 4 is 39.1 Å². The normalized spacial score (nSPS) is 15.1. The van der Waals surface area contributed by atoms with Gasteiger partial charge in [-0.05, 0) is 36.7 Å². The largest absolute Gasteiger partial charge is 0.379 e. The third kappa shape index (κ3) is 7.16. The number of carbonyl (C=O) groups is 1. The summed E-state index contributed by atoms with van der Waals surface area (Å²) in [6.07, 6.45) is 0.775. The van der Waals surface area contributed by atoms with Crippen LogP contribution in [0.4, 0.5) is 0 Å². The van der Waals surface area contributed by atoms with Gasteiger partial charge < -0.3 is 10.1 Å². The van der Waals surface area contributed by atoms with Gasteiger partial charge in [-0.3, -0.25) is 9.69 Å². The summed E-state index contributed by atoms with van der Waals surface area (Å²) in [5.41, 5.74) is 0.759. The third-order valence-corrected chi connectivity index (χ3v) is 7.62. The highest BCUT2D eigenvalue weighted by atomic mass is 35.5. The molecule has 0 saturated carbocycles. The van der Waals surface area contributed by atoms with Crippen LogP contribution in [0.3, 0.4) is 0 Å². The maximum absolute atomic E-state index is 13.4. The van der Waals surface area contributed by atoms with E-state index in [-0.39, 0.29) is 33.9 Å². The molecule has 2 aromatic carbocycles. The first-order valence-electron chi connectivity index (χ1n) is 10.4. The molecule has 0 unspecified atom stereocenters. The van der Waals surface area contributed by atoms with E-state index in [0.29, 0.717) is 6.54 Å². The molecule has 1 fully saturated rings. The molecule has 1 saturated heterocycles. The molecule has 1 aliphatic rings. The van der Waals surface area contributed by atoms with Crippen LogP contribution in [-0.4, -0.2) is 69.5 Å². The maximum atomic E-state index is 13.4. The van der Waals surface area contributed by atoms with Crippen LogP contribution in [0.15, 0.2) is 53.4 Å². The van der Waals surface area contributed by atoms with Crippen molar-refractivity contribution in [3.8, 4) is 0 Å². The number of hydrogen-bond acceptors (Lipinski definition) is 5. The standard InChI is InChI=1S/C22H27Cl2N3O4S/c23-19-7-8-20(24)21(15-19)32(29,30)27(16-18-5-2-1-3-6-18)17-22(28)25-9-4-10-26-11-13-31-14-12-26/h1-3,5-8,15H,4,9-14,16-17H2,(H,25,28). The summed E-state index contributed by atoms with van der Waals surface area (Å²) in [6, 6.07) is 13.4. The predicted molar refractivity (Wildman–Crippen MR) is 125 cm³/mol. The van der Waals surface area contributed by atoms with Gasteiger partial charge in [-0.2, -0.15) is 4.31 Å². The molecule has 1 amide bonds. The Kier molecular flexibility index (Phi) is 9.34. The molecular weight excluding hydrogens is 473 g/mol. The minimum atomic E-state index is -4.06. The number of hydrogen-bond donors (Lipinski definition) is 1. The summed E-state index contributed by atoms with van der Waals surface area (Å²) in [7, 11) is -4.06. The van der Waals surface area contributed by atoms with Gasteiger partial charge in [0.15, 0.2) is 0 Å². The van der Waals surface area contributed by atoms with Crippen LogP contribution in [0.5, 0.6) is 0 Å². The monoisotopic (exact) mass is 499 g/mol. The first-order chi connectivity index (χ1) is 15.4. The summed E-state index contributed by atoms with van der Waals surface area (Å²) in [5, 5.41) is 3.13.